The van der Waals surface area contributed by atoms with Crippen molar-refractivity contribution < 1.29 is 23.5 Å². The first kappa shape index (κ1) is 25.3. The molecule has 9 heteroatoms. The van der Waals surface area contributed by atoms with Gasteiger partial charge in [-0.1, -0.05) is 36.0 Å². The second-order valence-electron chi connectivity index (χ2n) is 8.95. The van der Waals surface area contributed by atoms with Crippen LogP contribution in [0.5, 0.6) is 0 Å². The minimum Gasteiger partial charge on any atom is -0.465 e. The van der Waals surface area contributed by atoms with Crippen LogP contribution in [-0.2, 0) is 25.7 Å². The smallest absolute Gasteiger partial charge is 0.327 e. The molecular formula is C26H30FN3O4S. The molecule has 2 unspecified atom stereocenters. The molecule has 35 heavy (non-hydrogen) atoms. The van der Waals surface area contributed by atoms with Gasteiger partial charge in [0.15, 0.2) is 10.9 Å². The standard InChI is InChI=1S/C26H30FN3O4S/c1-3-34-24(32)16-30-14-18(13-28-30)12-20-15-29(11-10-23(20)35-17(2)31)25(26(33)19-8-9-19)21-6-4-5-7-22(21)27/h4-7,12-14,19,23,25H,3,8-11,15-16H2,1-2H3/b20-12+. The Morgan fingerprint density at radius 3 is 2.71 bits per heavy atom. The molecule has 1 aromatic heterocycles. The third-order valence-corrected chi connectivity index (χ3v) is 7.36. The number of Topliss-reactive ketones (excluding diaryl/α,β-unsaturated/α-hetero) is 1. The van der Waals surface area contributed by atoms with Gasteiger partial charge in [0.2, 0.25) is 0 Å². The molecule has 0 spiro atoms. The van der Waals surface area contributed by atoms with E-state index in [0.29, 0.717) is 31.7 Å². The lowest BCUT2D eigenvalue weighted by Crippen LogP contribution is -2.43. The summed E-state index contributed by atoms with van der Waals surface area (Å²) in [5.74, 6) is -0.695. The Morgan fingerprint density at radius 1 is 1.26 bits per heavy atom. The highest BCUT2D eigenvalue weighted by Gasteiger charge is 2.41. The fourth-order valence-electron chi connectivity index (χ4n) is 4.49. The largest absolute Gasteiger partial charge is 0.465 e. The number of esters is 1. The molecule has 0 bridgehead atoms. The van der Waals surface area contributed by atoms with E-state index < -0.39 is 6.04 Å². The molecular weight excluding hydrogens is 469 g/mol. The second-order valence-corrected chi connectivity index (χ2v) is 10.3. The van der Waals surface area contributed by atoms with Gasteiger partial charge >= 0.3 is 5.97 Å². The zero-order valence-corrected chi connectivity index (χ0v) is 20.8. The molecule has 0 radical (unpaired) electrons. The van der Waals surface area contributed by atoms with Crippen molar-refractivity contribution >= 4 is 34.7 Å². The molecule has 1 saturated carbocycles. The molecule has 0 N–H and O–H groups in total. The number of benzene rings is 1. The third kappa shape index (κ3) is 6.46. The molecule has 1 aromatic carbocycles. The Labute approximate surface area is 208 Å². The number of aromatic nitrogens is 2. The predicted molar refractivity (Wildman–Crippen MR) is 132 cm³/mol. The highest BCUT2D eigenvalue weighted by Crippen LogP contribution is 2.40. The van der Waals surface area contributed by atoms with Crippen LogP contribution in [0.25, 0.3) is 6.08 Å². The van der Waals surface area contributed by atoms with Gasteiger partial charge in [-0.3, -0.25) is 24.0 Å². The fourth-order valence-corrected chi connectivity index (χ4v) is 5.41. The van der Waals surface area contributed by atoms with Crippen LogP contribution in [0, 0.1) is 11.7 Å². The normalized spacial score (nSPS) is 20.5. The highest BCUT2D eigenvalue weighted by atomic mass is 32.2. The first-order valence-corrected chi connectivity index (χ1v) is 12.8. The van der Waals surface area contributed by atoms with Gasteiger partial charge in [-0.25, -0.2) is 4.39 Å². The number of thioether (sulfide) groups is 1. The molecule has 0 amide bonds. The Hall–Kier alpha value is -2.78. The van der Waals surface area contributed by atoms with Crippen molar-refractivity contribution in [2.75, 3.05) is 19.7 Å². The van der Waals surface area contributed by atoms with Crippen LogP contribution in [0.3, 0.4) is 0 Å². The zero-order chi connectivity index (χ0) is 24.9. The molecule has 186 valence electrons. The quantitative estimate of drug-likeness (QED) is 0.482. The van der Waals surface area contributed by atoms with Crippen LogP contribution in [0.4, 0.5) is 4.39 Å². The van der Waals surface area contributed by atoms with Gasteiger partial charge in [0.1, 0.15) is 12.4 Å². The second kappa shape index (κ2) is 11.3. The minimum absolute atomic E-state index is 0.0139. The summed E-state index contributed by atoms with van der Waals surface area (Å²) >= 11 is 1.27. The molecule has 2 heterocycles. The Balaban J connectivity index is 1.61. The van der Waals surface area contributed by atoms with Crippen LogP contribution in [-0.4, -0.2) is 56.5 Å². The summed E-state index contributed by atoms with van der Waals surface area (Å²) in [5, 5.41) is 4.22. The summed E-state index contributed by atoms with van der Waals surface area (Å²) in [6, 6.07) is 5.84. The number of ether oxygens (including phenoxy) is 1. The van der Waals surface area contributed by atoms with Crippen molar-refractivity contribution in [3.8, 4) is 0 Å². The van der Waals surface area contributed by atoms with E-state index in [9.17, 15) is 18.8 Å². The zero-order valence-electron chi connectivity index (χ0n) is 20.0. The first-order valence-electron chi connectivity index (χ1n) is 11.9. The summed E-state index contributed by atoms with van der Waals surface area (Å²) in [4.78, 5) is 39.0. The van der Waals surface area contributed by atoms with Crippen molar-refractivity contribution in [2.45, 2.75) is 50.9 Å². The molecule has 2 atom stereocenters. The van der Waals surface area contributed by atoms with E-state index in [4.69, 9.17) is 4.74 Å². The van der Waals surface area contributed by atoms with E-state index in [2.05, 4.69) is 5.10 Å². The number of hydrogen-bond acceptors (Lipinski definition) is 7. The number of likely N-dealkylation sites (tertiary alicyclic amines) is 1. The maximum absolute atomic E-state index is 14.8. The maximum Gasteiger partial charge on any atom is 0.327 e. The molecule has 7 nitrogen and oxygen atoms in total. The van der Waals surface area contributed by atoms with Crippen LogP contribution in [0.15, 0.2) is 42.2 Å². The maximum atomic E-state index is 14.8. The lowest BCUT2D eigenvalue weighted by Gasteiger charge is -2.38. The molecule has 1 aliphatic carbocycles. The Bertz CT molecular complexity index is 1130. The van der Waals surface area contributed by atoms with E-state index in [1.165, 1.54) is 22.5 Å². The monoisotopic (exact) mass is 499 g/mol. The lowest BCUT2D eigenvalue weighted by atomic mass is 9.93. The van der Waals surface area contributed by atoms with E-state index >= 15 is 0 Å². The molecule has 2 fully saturated rings. The van der Waals surface area contributed by atoms with Crippen LogP contribution in [0.2, 0.25) is 0 Å². The van der Waals surface area contributed by atoms with Crippen molar-refractivity contribution in [3.05, 3.63) is 59.2 Å². The van der Waals surface area contributed by atoms with Gasteiger partial charge < -0.3 is 4.74 Å². The third-order valence-electron chi connectivity index (χ3n) is 6.20. The van der Waals surface area contributed by atoms with Gasteiger partial charge in [0.05, 0.1) is 18.8 Å². The Morgan fingerprint density at radius 2 is 2.03 bits per heavy atom. The predicted octanol–water partition coefficient (Wildman–Crippen LogP) is 4.04. The van der Waals surface area contributed by atoms with Crippen molar-refractivity contribution in [2.24, 2.45) is 5.92 Å². The summed E-state index contributed by atoms with van der Waals surface area (Å²) in [5.41, 5.74) is 2.16. The highest BCUT2D eigenvalue weighted by molar-refractivity contribution is 8.14. The lowest BCUT2D eigenvalue weighted by molar-refractivity contribution is -0.144. The number of carbonyl (C=O) groups excluding carboxylic acids is 3. The average Bonchev–Trinajstić information content (AvgIpc) is 3.58. The topological polar surface area (TPSA) is 81.5 Å². The number of halogens is 1. The van der Waals surface area contributed by atoms with Crippen molar-refractivity contribution in [1.82, 2.24) is 14.7 Å². The van der Waals surface area contributed by atoms with E-state index in [1.54, 1.807) is 44.4 Å². The number of nitrogens with zero attached hydrogens (tertiary/aromatic N) is 3. The number of piperidine rings is 1. The van der Waals surface area contributed by atoms with Gasteiger partial charge in [0, 0.05) is 48.5 Å². The number of rotatable bonds is 9. The van der Waals surface area contributed by atoms with Crippen LogP contribution < -0.4 is 0 Å². The SMILES string of the molecule is CCOC(=O)Cn1cc(/C=C2\CN(C(C(=O)C3CC3)c3ccccc3F)CCC2SC(C)=O)cn1. The molecule has 4 rings (SSSR count). The summed E-state index contributed by atoms with van der Waals surface area (Å²) < 4.78 is 21.3. The molecule has 1 saturated heterocycles. The first-order chi connectivity index (χ1) is 16.9. The fraction of sp³-hybridized carbons (Fsp3) is 0.462. The van der Waals surface area contributed by atoms with Gasteiger partial charge in [-0.05, 0) is 37.8 Å². The number of hydrogen-bond donors (Lipinski definition) is 0. The van der Waals surface area contributed by atoms with Crippen LogP contribution >= 0.6 is 11.8 Å². The minimum atomic E-state index is -0.651. The summed E-state index contributed by atoms with van der Waals surface area (Å²) in [7, 11) is 0. The molecule has 2 aromatic rings. The van der Waals surface area contributed by atoms with E-state index in [0.717, 1.165) is 24.0 Å². The average molecular weight is 500 g/mol. The summed E-state index contributed by atoms with van der Waals surface area (Å²) in [6.07, 6.45) is 7.73. The van der Waals surface area contributed by atoms with E-state index in [1.807, 2.05) is 11.0 Å². The van der Waals surface area contributed by atoms with E-state index in [-0.39, 0.29) is 40.4 Å². The van der Waals surface area contributed by atoms with Crippen LogP contribution in [0.1, 0.15) is 50.3 Å². The number of carbonyl (C=O) groups is 3. The molecule has 2 aliphatic rings. The summed E-state index contributed by atoms with van der Waals surface area (Å²) in [6.45, 7) is 4.64. The van der Waals surface area contributed by atoms with Gasteiger partial charge in [0.25, 0.3) is 0 Å². The number of ketones is 1. The van der Waals surface area contributed by atoms with Crippen molar-refractivity contribution in [1.29, 1.82) is 0 Å². The Kier molecular flexibility index (Phi) is 8.18. The van der Waals surface area contributed by atoms with Gasteiger partial charge in [-0.15, -0.1) is 0 Å². The molecule has 1 aliphatic heterocycles. The van der Waals surface area contributed by atoms with Gasteiger partial charge in [-0.2, -0.15) is 5.10 Å². The van der Waals surface area contributed by atoms with Crippen molar-refractivity contribution in [3.63, 3.8) is 0 Å².